The number of carboxylic acids is 1. The maximum atomic E-state index is 12.1. The van der Waals surface area contributed by atoms with Crippen molar-refractivity contribution >= 4 is 33.0 Å². The van der Waals surface area contributed by atoms with Crippen LogP contribution in [0.2, 0.25) is 0 Å². The van der Waals surface area contributed by atoms with Gasteiger partial charge in [-0.15, -0.1) is 11.3 Å². The van der Waals surface area contributed by atoms with E-state index in [0.717, 1.165) is 11.6 Å². The molecule has 0 saturated heterocycles. The van der Waals surface area contributed by atoms with Crippen molar-refractivity contribution < 1.29 is 18.3 Å². The molecule has 3 aromatic rings. The van der Waals surface area contributed by atoms with Gasteiger partial charge in [0.05, 0.1) is 10.5 Å². The minimum atomic E-state index is -4.12. The summed E-state index contributed by atoms with van der Waals surface area (Å²) in [5.74, 6) is -1.23. The molecule has 0 bridgehead atoms. The Morgan fingerprint density at radius 3 is 2.42 bits per heavy atom. The van der Waals surface area contributed by atoms with E-state index in [1.54, 1.807) is 12.1 Å². The fourth-order valence-electron chi connectivity index (χ4n) is 2.57. The molecule has 134 valence electrons. The monoisotopic (exact) mass is 388 g/mol. The predicted molar refractivity (Wildman–Crippen MR) is 102 cm³/mol. The Bertz CT molecular complexity index is 1030. The number of sulfonamides is 1. The number of benzene rings is 2. The number of nitrogens with two attached hydrogens (primary N) is 1. The molecule has 0 unspecified atom stereocenters. The molecule has 1 aromatic heterocycles. The fraction of sp³-hybridized carbons (Fsp3) is 0.0556. The van der Waals surface area contributed by atoms with Gasteiger partial charge in [-0.25, -0.2) is 18.4 Å². The van der Waals surface area contributed by atoms with E-state index in [1.165, 1.54) is 17.4 Å². The summed E-state index contributed by atoms with van der Waals surface area (Å²) in [5.41, 5.74) is 1.61. The summed E-state index contributed by atoms with van der Waals surface area (Å²) in [4.78, 5) is 11.9. The molecule has 0 aliphatic heterocycles. The summed E-state index contributed by atoms with van der Waals surface area (Å²) >= 11 is 1.35. The van der Waals surface area contributed by atoms with Crippen LogP contribution in [-0.2, 0) is 16.6 Å². The number of carbonyl (C=O) groups is 1. The number of hydrogen-bond donors (Lipinski definition) is 3. The highest BCUT2D eigenvalue weighted by Crippen LogP contribution is 2.38. The highest BCUT2D eigenvalue weighted by atomic mass is 32.2. The number of primary sulfonamides is 1. The minimum Gasteiger partial charge on any atom is -0.478 e. The van der Waals surface area contributed by atoms with Crippen molar-refractivity contribution in [3.05, 3.63) is 71.1 Å². The molecule has 2 aromatic carbocycles. The lowest BCUT2D eigenvalue weighted by molar-refractivity contribution is 0.0696. The molecule has 0 aliphatic rings. The molecule has 6 nitrogen and oxygen atoms in total. The van der Waals surface area contributed by atoms with Crippen LogP contribution in [0.4, 0.5) is 5.69 Å². The van der Waals surface area contributed by atoms with Crippen LogP contribution in [0.1, 0.15) is 15.9 Å². The van der Waals surface area contributed by atoms with Crippen molar-refractivity contribution in [2.45, 2.75) is 11.4 Å². The molecular weight excluding hydrogens is 372 g/mol. The van der Waals surface area contributed by atoms with Gasteiger partial charge >= 0.3 is 5.97 Å². The molecule has 1 heterocycles. The Morgan fingerprint density at radius 2 is 1.85 bits per heavy atom. The second-order valence-electron chi connectivity index (χ2n) is 5.56. The van der Waals surface area contributed by atoms with E-state index >= 15 is 0 Å². The zero-order chi connectivity index (χ0) is 18.7. The minimum absolute atomic E-state index is 0.148. The Labute approximate surface area is 155 Å². The van der Waals surface area contributed by atoms with Crippen LogP contribution >= 0.6 is 11.3 Å². The van der Waals surface area contributed by atoms with Crippen LogP contribution in [0.3, 0.4) is 0 Å². The van der Waals surface area contributed by atoms with Crippen LogP contribution in [0.15, 0.2) is 64.9 Å². The quantitative estimate of drug-likeness (QED) is 0.600. The largest absolute Gasteiger partial charge is 0.478 e. The second kappa shape index (κ2) is 7.28. The molecule has 0 fully saturated rings. The van der Waals surface area contributed by atoms with Gasteiger partial charge in [0.1, 0.15) is 0 Å². The Kier molecular flexibility index (Phi) is 5.08. The summed E-state index contributed by atoms with van der Waals surface area (Å²) < 4.78 is 24.2. The van der Waals surface area contributed by atoms with E-state index in [0.29, 0.717) is 22.7 Å². The van der Waals surface area contributed by atoms with E-state index in [9.17, 15) is 18.3 Å². The van der Waals surface area contributed by atoms with E-state index in [4.69, 9.17) is 5.14 Å². The molecule has 8 heteroatoms. The number of carboxylic acid groups (broad SMARTS) is 1. The van der Waals surface area contributed by atoms with Gasteiger partial charge < -0.3 is 10.4 Å². The number of hydrogen-bond acceptors (Lipinski definition) is 5. The lowest BCUT2D eigenvalue weighted by atomic mass is 10.1. The molecule has 0 atom stereocenters. The van der Waals surface area contributed by atoms with Crippen LogP contribution in [0.25, 0.3) is 10.4 Å². The van der Waals surface area contributed by atoms with Crippen molar-refractivity contribution in [2.75, 3.05) is 5.32 Å². The van der Waals surface area contributed by atoms with Crippen LogP contribution in [0, 0.1) is 0 Å². The van der Waals surface area contributed by atoms with Crippen molar-refractivity contribution in [3.8, 4) is 10.4 Å². The van der Waals surface area contributed by atoms with Gasteiger partial charge in [-0.3, -0.25) is 0 Å². The number of nitrogens with one attached hydrogen (secondary N) is 1. The summed E-state index contributed by atoms with van der Waals surface area (Å²) in [7, 11) is -4.12. The van der Waals surface area contributed by atoms with E-state index < -0.39 is 16.0 Å². The van der Waals surface area contributed by atoms with Crippen LogP contribution in [-0.4, -0.2) is 19.5 Å². The van der Waals surface area contributed by atoms with Crippen molar-refractivity contribution in [3.63, 3.8) is 0 Å². The molecule has 26 heavy (non-hydrogen) atoms. The van der Waals surface area contributed by atoms with Gasteiger partial charge in [0.15, 0.2) is 0 Å². The zero-order valence-corrected chi connectivity index (χ0v) is 15.2. The maximum Gasteiger partial charge on any atom is 0.335 e. The number of aromatic carboxylic acids is 1. The first-order valence-electron chi connectivity index (χ1n) is 7.62. The molecular formula is C18H16N2O4S2. The van der Waals surface area contributed by atoms with Crippen LogP contribution in [0.5, 0.6) is 0 Å². The van der Waals surface area contributed by atoms with Crippen molar-refractivity contribution in [1.82, 2.24) is 0 Å². The van der Waals surface area contributed by atoms with E-state index in [-0.39, 0.29) is 10.5 Å². The van der Waals surface area contributed by atoms with Gasteiger partial charge in [-0.05, 0) is 29.1 Å². The van der Waals surface area contributed by atoms with Gasteiger partial charge in [-0.1, -0.05) is 36.4 Å². The van der Waals surface area contributed by atoms with Gasteiger partial charge in [0, 0.05) is 22.7 Å². The summed E-state index contributed by atoms with van der Waals surface area (Å²) in [6.07, 6.45) is 0. The number of thiophene rings is 1. The molecule has 0 aliphatic carbocycles. The number of rotatable bonds is 6. The Morgan fingerprint density at radius 1 is 1.12 bits per heavy atom. The first kappa shape index (κ1) is 18.1. The van der Waals surface area contributed by atoms with Gasteiger partial charge in [0.25, 0.3) is 0 Å². The third kappa shape index (κ3) is 3.93. The van der Waals surface area contributed by atoms with E-state index in [1.807, 2.05) is 35.7 Å². The average Bonchev–Trinajstić information content (AvgIpc) is 3.13. The fourth-order valence-corrected chi connectivity index (χ4v) is 4.23. The second-order valence-corrected chi connectivity index (χ2v) is 8.04. The standard InChI is InChI=1S/C18H16N2O4S2/c19-26(23,24)16-10-13(18(21)22)9-14(17(16)15-7-4-8-25-15)20-11-12-5-2-1-3-6-12/h1-10,20H,11H2,(H,21,22)(H2,19,23,24). The normalized spacial score (nSPS) is 11.3. The molecule has 3 rings (SSSR count). The van der Waals surface area contributed by atoms with Crippen LogP contribution < -0.4 is 10.5 Å². The first-order valence-corrected chi connectivity index (χ1v) is 10.0. The molecule has 0 saturated carbocycles. The third-order valence-corrected chi connectivity index (χ3v) is 5.57. The Hall–Kier alpha value is -2.68. The van der Waals surface area contributed by atoms with Gasteiger partial charge in [-0.2, -0.15) is 0 Å². The smallest absolute Gasteiger partial charge is 0.335 e. The summed E-state index contributed by atoms with van der Waals surface area (Å²) in [6, 6.07) is 15.6. The first-order chi connectivity index (χ1) is 12.4. The highest BCUT2D eigenvalue weighted by Gasteiger charge is 2.23. The molecule has 0 spiro atoms. The topological polar surface area (TPSA) is 109 Å². The molecule has 4 N–H and O–H groups in total. The molecule has 0 radical (unpaired) electrons. The highest BCUT2D eigenvalue weighted by molar-refractivity contribution is 7.89. The Balaban J connectivity index is 2.16. The summed E-state index contributed by atoms with van der Waals surface area (Å²) in [5, 5.41) is 19.7. The predicted octanol–water partition coefficient (Wildman–Crippen LogP) is 3.37. The van der Waals surface area contributed by atoms with E-state index in [2.05, 4.69) is 5.32 Å². The lowest BCUT2D eigenvalue weighted by Crippen LogP contribution is -2.16. The zero-order valence-electron chi connectivity index (χ0n) is 13.5. The third-order valence-electron chi connectivity index (χ3n) is 3.75. The van der Waals surface area contributed by atoms with Crippen molar-refractivity contribution in [1.29, 1.82) is 0 Å². The molecule has 0 amide bonds. The SMILES string of the molecule is NS(=O)(=O)c1cc(C(=O)O)cc(NCc2ccccc2)c1-c1cccs1. The summed E-state index contributed by atoms with van der Waals surface area (Å²) in [6.45, 7) is 0.409. The lowest BCUT2D eigenvalue weighted by Gasteiger charge is -2.16. The average molecular weight is 388 g/mol. The van der Waals surface area contributed by atoms with Crippen molar-refractivity contribution in [2.24, 2.45) is 5.14 Å². The number of anilines is 1. The maximum absolute atomic E-state index is 12.1. The van der Waals surface area contributed by atoms with Gasteiger partial charge in [0.2, 0.25) is 10.0 Å².